The lowest BCUT2D eigenvalue weighted by molar-refractivity contribution is 0.614. The molecule has 0 atom stereocenters. The summed E-state index contributed by atoms with van der Waals surface area (Å²) in [6, 6.07) is 5.80. The molecule has 4 rings (SSSR count). The van der Waals surface area contributed by atoms with Crippen molar-refractivity contribution in [2.45, 2.75) is 0 Å². The molecule has 0 N–H and O–H groups in total. The third kappa shape index (κ3) is 2.62. The monoisotopic (exact) mass is 324 g/mol. The Labute approximate surface area is 140 Å². The van der Waals surface area contributed by atoms with Gasteiger partial charge >= 0.3 is 0 Å². The van der Waals surface area contributed by atoms with Gasteiger partial charge in [0.2, 0.25) is 5.95 Å². The summed E-state index contributed by atoms with van der Waals surface area (Å²) in [7, 11) is 3.97. The van der Waals surface area contributed by atoms with Crippen molar-refractivity contribution < 1.29 is 4.42 Å². The molecule has 0 radical (unpaired) electrons. The minimum atomic E-state index is 0.787. The molecule has 3 aromatic heterocycles. The van der Waals surface area contributed by atoms with Gasteiger partial charge in [0.25, 0.3) is 0 Å². The van der Waals surface area contributed by atoms with Gasteiger partial charge in [0.15, 0.2) is 0 Å². The van der Waals surface area contributed by atoms with Crippen LogP contribution in [-0.2, 0) is 0 Å². The maximum atomic E-state index is 5.47. The molecule has 1 aliphatic heterocycles. The van der Waals surface area contributed by atoms with Gasteiger partial charge in [-0.05, 0) is 18.2 Å². The Bertz CT molecular complexity index is 838. The van der Waals surface area contributed by atoms with Crippen molar-refractivity contribution in [2.24, 2.45) is 0 Å². The van der Waals surface area contributed by atoms with Crippen LogP contribution >= 0.6 is 0 Å². The van der Waals surface area contributed by atoms with Gasteiger partial charge in [-0.2, -0.15) is 4.98 Å². The van der Waals surface area contributed by atoms with Crippen molar-refractivity contribution in [2.75, 3.05) is 55.0 Å². The summed E-state index contributed by atoms with van der Waals surface area (Å²) >= 11 is 0. The summed E-state index contributed by atoms with van der Waals surface area (Å²) in [6.07, 6.45) is 5.34. The summed E-state index contributed by atoms with van der Waals surface area (Å²) in [6.45, 7) is 3.50. The molecule has 4 heterocycles. The van der Waals surface area contributed by atoms with E-state index in [1.807, 2.05) is 43.4 Å². The SMILES string of the molecule is CN(C)c1ccnc(N2CCN(c3nccc4occc34)CC2)n1. The van der Waals surface area contributed by atoms with Crippen molar-refractivity contribution >= 4 is 28.6 Å². The van der Waals surface area contributed by atoms with Gasteiger partial charge in [-0.15, -0.1) is 0 Å². The molecule has 124 valence electrons. The molecular formula is C17H20N6O. The zero-order chi connectivity index (χ0) is 16.5. The number of nitrogens with zero attached hydrogens (tertiary/aromatic N) is 6. The molecule has 0 aliphatic carbocycles. The van der Waals surface area contributed by atoms with Gasteiger partial charge < -0.3 is 19.1 Å². The van der Waals surface area contributed by atoms with Crippen LogP contribution in [0.1, 0.15) is 0 Å². The second kappa shape index (κ2) is 5.99. The van der Waals surface area contributed by atoms with Gasteiger partial charge in [-0.25, -0.2) is 9.97 Å². The number of anilines is 3. The van der Waals surface area contributed by atoms with E-state index < -0.39 is 0 Å². The zero-order valence-electron chi connectivity index (χ0n) is 13.9. The van der Waals surface area contributed by atoms with Crippen molar-refractivity contribution in [3.63, 3.8) is 0 Å². The lowest BCUT2D eigenvalue weighted by atomic mass is 10.2. The van der Waals surface area contributed by atoms with Gasteiger partial charge in [-0.3, -0.25) is 0 Å². The lowest BCUT2D eigenvalue weighted by Gasteiger charge is -2.35. The molecule has 0 amide bonds. The van der Waals surface area contributed by atoms with E-state index in [1.54, 1.807) is 12.5 Å². The Morgan fingerprint density at radius 2 is 1.71 bits per heavy atom. The Morgan fingerprint density at radius 3 is 2.50 bits per heavy atom. The molecule has 0 saturated carbocycles. The van der Waals surface area contributed by atoms with E-state index in [4.69, 9.17) is 4.42 Å². The maximum absolute atomic E-state index is 5.47. The number of fused-ring (bicyclic) bond motifs is 1. The van der Waals surface area contributed by atoms with Gasteiger partial charge in [0.05, 0.1) is 11.6 Å². The first-order valence-corrected chi connectivity index (χ1v) is 8.05. The van der Waals surface area contributed by atoms with Gasteiger partial charge in [-0.1, -0.05) is 0 Å². The van der Waals surface area contributed by atoms with Crippen LogP contribution in [-0.4, -0.2) is 55.2 Å². The first-order valence-electron chi connectivity index (χ1n) is 8.05. The van der Waals surface area contributed by atoms with Crippen molar-refractivity contribution in [1.82, 2.24) is 15.0 Å². The van der Waals surface area contributed by atoms with Crippen molar-refractivity contribution in [1.29, 1.82) is 0 Å². The van der Waals surface area contributed by atoms with Crippen LogP contribution in [0, 0.1) is 0 Å². The number of rotatable bonds is 3. The molecule has 1 fully saturated rings. The highest BCUT2D eigenvalue weighted by Gasteiger charge is 2.22. The molecular weight excluding hydrogens is 304 g/mol. The zero-order valence-corrected chi connectivity index (χ0v) is 13.9. The van der Waals surface area contributed by atoms with Crippen LogP contribution in [0.2, 0.25) is 0 Å². The smallest absolute Gasteiger partial charge is 0.227 e. The highest BCUT2D eigenvalue weighted by molar-refractivity contribution is 5.88. The fourth-order valence-corrected chi connectivity index (χ4v) is 2.99. The Morgan fingerprint density at radius 1 is 0.958 bits per heavy atom. The first kappa shape index (κ1) is 14.7. The third-order valence-electron chi connectivity index (χ3n) is 4.31. The van der Waals surface area contributed by atoms with Gasteiger partial charge in [0.1, 0.15) is 17.2 Å². The molecule has 0 bridgehead atoms. The minimum Gasteiger partial charge on any atom is -0.464 e. The molecule has 1 saturated heterocycles. The predicted molar refractivity (Wildman–Crippen MR) is 94.8 cm³/mol. The van der Waals surface area contributed by atoms with E-state index in [0.717, 1.165) is 54.7 Å². The van der Waals surface area contributed by atoms with Crippen molar-refractivity contribution in [3.05, 3.63) is 36.9 Å². The van der Waals surface area contributed by atoms with Crippen LogP contribution in [0.5, 0.6) is 0 Å². The summed E-state index contributed by atoms with van der Waals surface area (Å²) in [4.78, 5) is 20.1. The fourth-order valence-electron chi connectivity index (χ4n) is 2.99. The average Bonchev–Trinajstić information content (AvgIpc) is 3.11. The topological polar surface area (TPSA) is 61.5 Å². The molecule has 7 nitrogen and oxygen atoms in total. The largest absolute Gasteiger partial charge is 0.464 e. The second-order valence-electron chi connectivity index (χ2n) is 6.05. The molecule has 0 aromatic carbocycles. The quantitative estimate of drug-likeness (QED) is 0.730. The number of aromatic nitrogens is 3. The molecule has 0 spiro atoms. The maximum Gasteiger partial charge on any atom is 0.227 e. The van der Waals surface area contributed by atoms with E-state index in [0.29, 0.717) is 0 Å². The molecule has 3 aromatic rings. The second-order valence-corrected chi connectivity index (χ2v) is 6.05. The number of piperazine rings is 1. The summed E-state index contributed by atoms with van der Waals surface area (Å²) in [5, 5.41) is 1.07. The number of pyridine rings is 1. The van der Waals surface area contributed by atoms with Crippen LogP contribution in [0.15, 0.2) is 41.3 Å². The van der Waals surface area contributed by atoms with E-state index in [-0.39, 0.29) is 0 Å². The normalized spacial score (nSPS) is 15.1. The molecule has 1 aliphatic rings. The molecule has 24 heavy (non-hydrogen) atoms. The Balaban J connectivity index is 1.51. The number of hydrogen-bond acceptors (Lipinski definition) is 7. The van der Waals surface area contributed by atoms with Crippen LogP contribution < -0.4 is 14.7 Å². The molecule has 0 unspecified atom stereocenters. The Kier molecular flexibility index (Phi) is 3.68. The van der Waals surface area contributed by atoms with Crippen LogP contribution in [0.3, 0.4) is 0 Å². The fraction of sp³-hybridized carbons (Fsp3) is 0.353. The van der Waals surface area contributed by atoms with Crippen LogP contribution in [0.4, 0.5) is 17.6 Å². The summed E-state index contributed by atoms with van der Waals surface area (Å²) in [5.74, 6) is 2.70. The molecule has 7 heteroatoms. The Hall–Kier alpha value is -2.83. The lowest BCUT2D eigenvalue weighted by Crippen LogP contribution is -2.47. The number of furan rings is 1. The van der Waals surface area contributed by atoms with Gasteiger partial charge in [0, 0.05) is 52.7 Å². The number of hydrogen-bond donors (Lipinski definition) is 0. The highest BCUT2D eigenvalue weighted by atomic mass is 16.3. The van der Waals surface area contributed by atoms with E-state index in [2.05, 4.69) is 24.8 Å². The average molecular weight is 324 g/mol. The van der Waals surface area contributed by atoms with Crippen LogP contribution in [0.25, 0.3) is 11.0 Å². The third-order valence-corrected chi connectivity index (χ3v) is 4.31. The highest BCUT2D eigenvalue weighted by Crippen LogP contribution is 2.26. The summed E-state index contributed by atoms with van der Waals surface area (Å²) < 4.78 is 5.47. The first-order chi connectivity index (χ1) is 11.7. The standard InChI is InChI=1S/C17H20N6O/c1-21(2)15-4-7-19-17(20-15)23-10-8-22(9-11-23)16-13-5-12-24-14(13)3-6-18-16/h3-7,12H,8-11H2,1-2H3. The van der Waals surface area contributed by atoms with E-state index in [1.165, 1.54) is 0 Å². The van der Waals surface area contributed by atoms with E-state index >= 15 is 0 Å². The predicted octanol–water partition coefficient (Wildman–Crippen LogP) is 2.01. The van der Waals surface area contributed by atoms with E-state index in [9.17, 15) is 0 Å². The van der Waals surface area contributed by atoms with Crippen molar-refractivity contribution in [3.8, 4) is 0 Å². The minimum absolute atomic E-state index is 0.787. The summed E-state index contributed by atoms with van der Waals surface area (Å²) in [5.41, 5.74) is 0.879.